The summed E-state index contributed by atoms with van der Waals surface area (Å²) in [5, 5.41) is 3.19. The van der Waals surface area contributed by atoms with Crippen LogP contribution < -0.4 is 5.32 Å². The Hall–Kier alpha value is -0.340. The summed E-state index contributed by atoms with van der Waals surface area (Å²) >= 11 is 0. The Morgan fingerprint density at radius 2 is 2.38 bits per heavy atom. The summed E-state index contributed by atoms with van der Waals surface area (Å²) in [5.74, 6) is 0. The van der Waals surface area contributed by atoms with Gasteiger partial charge in [0.25, 0.3) is 0 Å². The average molecular weight is 182 g/mol. The summed E-state index contributed by atoms with van der Waals surface area (Å²) in [6, 6.07) is 0. The molecule has 1 aliphatic heterocycles. The fourth-order valence-corrected chi connectivity index (χ4v) is 1.76. The molecule has 0 saturated carbocycles. The molecule has 0 aliphatic carbocycles. The summed E-state index contributed by atoms with van der Waals surface area (Å²) in [4.78, 5) is 2.49. The number of rotatable bonds is 5. The maximum atomic E-state index is 3.19. The molecule has 1 heterocycles. The van der Waals surface area contributed by atoms with Crippen molar-refractivity contribution in [2.24, 2.45) is 0 Å². The van der Waals surface area contributed by atoms with Gasteiger partial charge in [-0.2, -0.15) is 0 Å². The quantitative estimate of drug-likeness (QED) is 0.513. The average Bonchev–Trinajstić information content (AvgIpc) is 2.19. The summed E-state index contributed by atoms with van der Waals surface area (Å²) in [6.07, 6.45) is 6.28. The molecule has 2 nitrogen and oxygen atoms in total. The van der Waals surface area contributed by atoms with E-state index in [1.165, 1.54) is 38.9 Å². The van der Waals surface area contributed by atoms with Crippen LogP contribution in [0.15, 0.2) is 11.6 Å². The molecule has 0 radical (unpaired) electrons. The highest BCUT2D eigenvalue weighted by Crippen LogP contribution is 2.14. The molecule has 0 unspecified atom stereocenters. The van der Waals surface area contributed by atoms with Crippen LogP contribution in [-0.4, -0.2) is 38.1 Å². The fraction of sp³-hybridized carbons (Fsp3) is 0.818. The first-order valence-corrected chi connectivity index (χ1v) is 5.41. The molecule has 1 aliphatic rings. The molecule has 0 amide bonds. The van der Waals surface area contributed by atoms with E-state index in [1.807, 2.05) is 7.05 Å². The van der Waals surface area contributed by atoms with Crippen molar-refractivity contribution in [3.8, 4) is 0 Å². The van der Waals surface area contributed by atoms with Gasteiger partial charge in [-0.1, -0.05) is 18.6 Å². The van der Waals surface area contributed by atoms with E-state index in [-0.39, 0.29) is 0 Å². The summed E-state index contributed by atoms with van der Waals surface area (Å²) in [7, 11) is 2.02. The summed E-state index contributed by atoms with van der Waals surface area (Å²) in [5.41, 5.74) is 1.67. The Bertz CT molecular complexity index is 163. The first kappa shape index (κ1) is 10.7. The van der Waals surface area contributed by atoms with Gasteiger partial charge in [0.05, 0.1) is 0 Å². The smallest absolute Gasteiger partial charge is 0.0165 e. The fourth-order valence-electron chi connectivity index (χ4n) is 1.76. The summed E-state index contributed by atoms with van der Waals surface area (Å²) < 4.78 is 0. The minimum Gasteiger partial charge on any atom is -0.320 e. The van der Waals surface area contributed by atoms with Gasteiger partial charge in [-0.3, -0.25) is 4.90 Å². The van der Waals surface area contributed by atoms with Gasteiger partial charge >= 0.3 is 0 Å². The molecule has 2 heteroatoms. The van der Waals surface area contributed by atoms with E-state index in [2.05, 4.69) is 23.2 Å². The number of likely N-dealkylation sites (N-methyl/N-ethyl adjacent to an activating group) is 1. The van der Waals surface area contributed by atoms with Crippen molar-refractivity contribution in [2.75, 3.05) is 33.2 Å². The van der Waals surface area contributed by atoms with Crippen LogP contribution in [0.3, 0.4) is 0 Å². The highest BCUT2D eigenvalue weighted by atomic mass is 15.1. The monoisotopic (exact) mass is 182 g/mol. The zero-order valence-corrected chi connectivity index (χ0v) is 8.97. The number of hydrogen-bond donors (Lipinski definition) is 1. The Morgan fingerprint density at radius 3 is 2.92 bits per heavy atom. The molecule has 1 rings (SSSR count). The minimum absolute atomic E-state index is 1.15. The van der Waals surface area contributed by atoms with Gasteiger partial charge in [0.15, 0.2) is 0 Å². The van der Waals surface area contributed by atoms with Crippen LogP contribution in [0.2, 0.25) is 0 Å². The predicted molar refractivity (Wildman–Crippen MR) is 58.0 cm³/mol. The SMILES string of the molecule is CCN1CC=C(CCCNC)CC1. The first-order valence-electron chi connectivity index (χ1n) is 5.41. The van der Waals surface area contributed by atoms with Crippen molar-refractivity contribution in [3.05, 3.63) is 11.6 Å². The topological polar surface area (TPSA) is 15.3 Å². The van der Waals surface area contributed by atoms with Crippen LogP contribution in [0.5, 0.6) is 0 Å². The van der Waals surface area contributed by atoms with Crippen LogP contribution in [-0.2, 0) is 0 Å². The van der Waals surface area contributed by atoms with Gasteiger partial charge in [-0.15, -0.1) is 0 Å². The molecule has 1 N–H and O–H groups in total. The zero-order chi connectivity index (χ0) is 9.52. The van der Waals surface area contributed by atoms with Crippen LogP contribution in [0.1, 0.15) is 26.2 Å². The second-order valence-electron chi connectivity index (χ2n) is 3.71. The van der Waals surface area contributed by atoms with Gasteiger partial charge in [0.1, 0.15) is 0 Å². The van der Waals surface area contributed by atoms with E-state index in [1.54, 1.807) is 5.57 Å². The van der Waals surface area contributed by atoms with Crippen molar-refractivity contribution >= 4 is 0 Å². The lowest BCUT2D eigenvalue weighted by atomic mass is 10.0. The molecule has 0 bridgehead atoms. The van der Waals surface area contributed by atoms with Crippen LogP contribution >= 0.6 is 0 Å². The van der Waals surface area contributed by atoms with E-state index in [9.17, 15) is 0 Å². The van der Waals surface area contributed by atoms with E-state index in [0.29, 0.717) is 0 Å². The Balaban J connectivity index is 2.17. The molecule has 0 fully saturated rings. The lowest BCUT2D eigenvalue weighted by molar-refractivity contribution is 0.307. The second-order valence-corrected chi connectivity index (χ2v) is 3.71. The standard InChI is InChI=1S/C11H22N2/c1-3-13-9-6-11(7-10-13)5-4-8-12-2/h6,12H,3-5,7-10H2,1-2H3. The maximum absolute atomic E-state index is 3.19. The highest BCUT2D eigenvalue weighted by molar-refractivity contribution is 5.07. The zero-order valence-electron chi connectivity index (χ0n) is 8.97. The van der Waals surface area contributed by atoms with Crippen molar-refractivity contribution in [3.63, 3.8) is 0 Å². The van der Waals surface area contributed by atoms with Gasteiger partial charge in [-0.25, -0.2) is 0 Å². The van der Waals surface area contributed by atoms with Crippen molar-refractivity contribution < 1.29 is 0 Å². The maximum Gasteiger partial charge on any atom is 0.0165 e. The molecular formula is C11H22N2. The van der Waals surface area contributed by atoms with Crippen molar-refractivity contribution in [2.45, 2.75) is 26.2 Å². The molecule has 0 aromatic heterocycles. The molecule has 0 atom stereocenters. The second kappa shape index (κ2) is 6.17. The Morgan fingerprint density at radius 1 is 1.54 bits per heavy atom. The van der Waals surface area contributed by atoms with Crippen LogP contribution in [0, 0.1) is 0 Å². The molecular weight excluding hydrogens is 160 g/mol. The van der Waals surface area contributed by atoms with E-state index >= 15 is 0 Å². The lowest BCUT2D eigenvalue weighted by Crippen LogP contribution is -2.28. The van der Waals surface area contributed by atoms with Gasteiger partial charge in [-0.05, 0) is 39.4 Å². The van der Waals surface area contributed by atoms with Crippen molar-refractivity contribution in [1.82, 2.24) is 10.2 Å². The molecule has 0 saturated heterocycles. The molecule has 76 valence electrons. The van der Waals surface area contributed by atoms with Crippen molar-refractivity contribution in [1.29, 1.82) is 0 Å². The Kier molecular flexibility index (Phi) is 5.09. The van der Waals surface area contributed by atoms with Gasteiger partial charge < -0.3 is 5.32 Å². The molecule has 0 spiro atoms. The number of nitrogens with one attached hydrogen (secondary N) is 1. The van der Waals surface area contributed by atoms with Gasteiger partial charge in [0.2, 0.25) is 0 Å². The molecule has 13 heavy (non-hydrogen) atoms. The predicted octanol–water partition coefficient (Wildman–Crippen LogP) is 1.64. The first-order chi connectivity index (χ1) is 6.36. The minimum atomic E-state index is 1.15. The highest BCUT2D eigenvalue weighted by Gasteiger charge is 2.08. The molecule has 0 aromatic rings. The summed E-state index contributed by atoms with van der Waals surface area (Å²) in [6.45, 7) is 7.02. The van der Waals surface area contributed by atoms with Crippen LogP contribution in [0.4, 0.5) is 0 Å². The largest absolute Gasteiger partial charge is 0.320 e. The van der Waals surface area contributed by atoms with Crippen LogP contribution in [0.25, 0.3) is 0 Å². The third-order valence-electron chi connectivity index (χ3n) is 2.76. The number of nitrogens with zero attached hydrogens (tertiary/aromatic N) is 1. The van der Waals surface area contributed by atoms with E-state index in [4.69, 9.17) is 0 Å². The van der Waals surface area contributed by atoms with Gasteiger partial charge in [0, 0.05) is 13.1 Å². The number of hydrogen-bond acceptors (Lipinski definition) is 2. The molecule has 0 aromatic carbocycles. The van der Waals surface area contributed by atoms with E-state index < -0.39 is 0 Å². The lowest BCUT2D eigenvalue weighted by Gasteiger charge is -2.24. The third-order valence-corrected chi connectivity index (χ3v) is 2.76. The normalized spacial score (nSPS) is 18.8. The van der Waals surface area contributed by atoms with E-state index in [0.717, 1.165) is 6.54 Å². The third kappa shape index (κ3) is 3.92. The Labute approximate surface area is 82.0 Å².